The number of sulfonamides is 1. The summed E-state index contributed by atoms with van der Waals surface area (Å²) in [5.74, 6) is -0.309. The summed E-state index contributed by atoms with van der Waals surface area (Å²) in [7, 11) is -3.77. The van der Waals surface area contributed by atoms with E-state index in [4.69, 9.17) is 0 Å². The lowest BCUT2D eigenvalue weighted by atomic mass is 10.1. The Morgan fingerprint density at radius 2 is 1.60 bits per heavy atom. The molecule has 2 aromatic rings. The highest BCUT2D eigenvalue weighted by molar-refractivity contribution is 7.89. The van der Waals surface area contributed by atoms with Crippen molar-refractivity contribution in [3.05, 3.63) is 66.2 Å². The molecule has 0 aliphatic rings. The predicted octanol–water partition coefficient (Wildman–Crippen LogP) is 2.49. The molecule has 0 saturated carbocycles. The van der Waals surface area contributed by atoms with Crippen LogP contribution >= 0.6 is 0 Å². The van der Waals surface area contributed by atoms with Gasteiger partial charge in [0, 0.05) is 6.54 Å². The van der Waals surface area contributed by atoms with Crippen LogP contribution in [0, 0.1) is 0 Å². The van der Waals surface area contributed by atoms with Gasteiger partial charge in [0.2, 0.25) is 15.9 Å². The van der Waals surface area contributed by atoms with Gasteiger partial charge in [-0.3, -0.25) is 4.79 Å². The number of hydrogen-bond donors (Lipinski definition) is 2. The van der Waals surface area contributed by atoms with Gasteiger partial charge in [0.25, 0.3) is 0 Å². The third kappa shape index (κ3) is 5.99. The maximum Gasteiger partial charge on any atom is 0.241 e. The predicted molar refractivity (Wildman–Crippen MR) is 98.6 cm³/mol. The maximum absolute atomic E-state index is 12.6. The minimum atomic E-state index is -3.77. The van der Waals surface area contributed by atoms with Crippen LogP contribution in [0.5, 0.6) is 0 Å². The zero-order chi connectivity index (χ0) is 18.1. The topological polar surface area (TPSA) is 75.3 Å². The number of rotatable bonds is 9. The van der Waals surface area contributed by atoms with E-state index in [0.717, 1.165) is 18.4 Å². The summed E-state index contributed by atoms with van der Waals surface area (Å²) >= 11 is 0. The number of amides is 1. The van der Waals surface area contributed by atoms with Gasteiger partial charge >= 0.3 is 0 Å². The maximum atomic E-state index is 12.6. The number of carbonyl (C=O) groups excluding carboxylic acids is 1. The van der Waals surface area contributed by atoms with Crippen molar-refractivity contribution in [3.8, 4) is 0 Å². The molecule has 1 amide bonds. The molecule has 6 heteroatoms. The Labute approximate surface area is 149 Å². The van der Waals surface area contributed by atoms with Crippen LogP contribution in [-0.4, -0.2) is 26.9 Å². The van der Waals surface area contributed by atoms with E-state index in [9.17, 15) is 13.2 Å². The normalized spacial score (nSPS) is 12.5. The molecule has 0 spiro atoms. The smallest absolute Gasteiger partial charge is 0.241 e. The molecule has 0 heterocycles. The van der Waals surface area contributed by atoms with Crippen molar-refractivity contribution in [2.45, 2.75) is 37.1 Å². The lowest BCUT2D eigenvalue weighted by Gasteiger charge is -2.19. The summed E-state index contributed by atoms with van der Waals surface area (Å²) < 4.78 is 27.7. The van der Waals surface area contributed by atoms with Crippen LogP contribution in [0.15, 0.2) is 65.6 Å². The van der Waals surface area contributed by atoms with E-state index >= 15 is 0 Å². The van der Waals surface area contributed by atoms with Crippen molar-refractivity contribution in [3.63, 3.8) is 0 Å². The first-order valence-electron chi connectivity index (χ1n) is 8.42. The second-order valence-electron chi connectivity index (χ2n) is 5.82. The fourth-order valence-electron chi connectivity index (χ4n) is 2.40. The average molecular weight is 360 g/mol. The number of hydrogen-bond acceptors (Lipinski definition) is 3. The molecule has 0 aromatic heterocycles. The molecule has 0 unspecified atom stereocenters. The fraction of sp³-hybridized carbons (Fsp3) is 0.316. The molecule has 0 aliphatic carbocycles. The molecule has 0 radical (unpaired) electrons. The number of nitrogens with one attached hydrogen (secondary N) is 2. The third-order valence-corrected chi connectivity index (χ3v) is 5.27. The summed E-state index contributed by atoms with van der Waals surface area (Å²) in [5, 5.41) is 2.81. The van der Waals surface area contributed by atoms with Crippen LogP contribution < -0.4 is 10.0 Å². The molecule has 2 N–H and O–H groups in total. The van der Waals surface area contributed by atoms with E-state index in [0.29, 0.717) is 13.0 Å². The lowest BCUT2D eigenvalue weighted by molar-refractivity contribution is -0.122. The first kappa shape index (κ1) is 19.1. The zero-order valence-corrected chi connectivity index (χ0v) is 15.1. The molecule has 0 fully saturated rings. The minimum Gasteiger partial charge on any atom is -0.355 e. The van der Waals surface area contributed by atoms with Gasteiger partial charge in [-0.15, -0.1) is 0 Å². The SMILES string of the molecule is CCCCNC(=O)[C@H](Cc1ccccc1)NS(=O)(=O)c1ccccc1. The van der Waals surface area contributed by atoms with E-state index in [1.165, 1.54) is 12.1 Å². The molecule has 5 nitrogen and oxygen atoms in total. The number of benzene rings is 2. The van der Waals surface area contributed by atoms with Crippen molar-refractivity contribution < 1.29 is 13.2 Å². The lowest BCUT2D eigenvalue weighted by Crippen LogP contribution is -2.48. The van der Waals surface area contributed by atoms with E-state index in [-0.39, 0.29) is 10.8 Å². The van der Waals surface area contributed by atoms with Crippen LogP contribution in [0.4, 0.5) is 0 Å². The molecular formula is C19H24N2O3S. The van der Waals surface area contributed by atoms with Gasteiger partial charge in [0.05, 0.1) is 4.90 Å². The van der Waals surface area contributed by atoms with Crippen molar-refractivity contribution in [2.75, 3.05) is 6.54 Å². The third-order valence-electron chi connectivity index (χ3n) is 3.78. The van der Waals surface area contributed by atoms with Crippen LogP contribution in [-0.2, 0) is 21.2 Å². The Bertz CT molecular complexity index is 762. The fourth-order valence-corrected chi connectivity index (χ4v) is 3.62. The Hall–Kier alpha value is -2.18. The number of unbranched alkanes of at least 4 members (excludes halogenated alkanes) is 1. The summed E-state index contributed by atoms with van der Waals surface area (Å²) in [6.45, 7) is 2.57. The van der Waals surface area contributed by atoms with E-state index in [1.54, 1.807) is 18.2 Å². The van der Waals surface area contributed by atoms with E-state index < -0.39 is 16.1 Å². The van der Waals surface area contributed by atoms with Crippen molar-refractivity contribution in [2.24, 2.45) is 0 Å². The van der Waals surface area contributed by atoms with Crippen molar-refractivity contribution >= 4 is 15.9 Å². The van der Waals surface area contributed by atoms with Crippen LogP contribution in [0.25, 0.3) is 0 Å². The molecule has 0 aliphatic heterocycles. The Kier molecular flexibility index (Phi) is 7.16. The highest BCUT2D eigenvalue weighted by atomic mass is 32.2. The first-order valence-corrected chi connectivity index (χ1v) is 9.90. The summed E-state index contributed by atoms with van der Waals surface area (Å²) in [6, 6.07) is 16.6. The quantitative estimate of drug-likeness (QED) is 0.675. The van der Waals surface area contributed by atoms with Gasteiger partial charge in [0.15, 0.2) is 0 Å². The highest BCUT2D eigenvalue weighted by Crippen LogP contribution is 2.11. The van der Waals surface area contributed by atoms with Crippen molar-refractivity contribution in [1.29, 1.82) is 0 Å². The largest absolute Gasteiger partial charge is 0.355 e. The van der Waals surface area contributed by atoms with Gasteiger partial charge in [-0.1, -0.05) is 61.9 Å². The number of carbonyl (C=O) groups is 1. The molecular weight excluding hydrogens is 336 g/mol. The van der Waals surface area contributed by atoms with Crippen molar-refractivity contribution in [1.82, 2.24) is 10.0 Å². The standard InChI is InChI=1S/C19H24N2O3S/c1-2-3-14-20-19(22)18(15-16-10-6-4-7-11-16)21-25(23,24)17-12-8-5-9-13-17/h4-13,18,21H,2-3,14-15H2,1H3,(H,20,22)/t18-/m0/s1. The first-order chi connectivity index (χ1) is 12.0. The molecule has 2 aromatic carbocycles. The Morgan fingerprint density at radius 3 is 2.20 bits per heavy atom. The molecule has 0 saturated heterocycles. The second kappa shape index (κ2) is 9.34. The van der Waals surface area contributed by atoms with Gasteiger partial charge in [-0.05, 0) is 30.5 Å². The van der Waals surface area contributed by atoms with Gasteiger partial charge in [0.1, 0.15) is 6.04 Å². The van der Waals surface area contributed by atoms with Gasteiger partial charge < -0.3 is 5.32 Å². The summed E-state index contributed by atoms with van der Waals surface area (Å²) in [4.78, 5) is 12.6. The Morgan fingerprint density at radius 1 is 1.00 bits per heavy atom. The van der Waals surface area contributed by atoms with E-state index in [1.807, 2.05) is 37.3 Å². The Balaban J connectivity index is 2.17. The molecule has 25 heavy (non-hydrogen) atoms. The van der Waals surface area contributed by atoms with Crippen LogP contribution in [0.1, 0.15) is 25.3 Å². The van der Waals surface area contributed by atoms with E-state index in [2.05, 4.69) is 10.0 Å². The monoisotopic (exact) mass is 360 g/mol. The van der Waals surface area contributed by atoms with Gasteiger partial charge in [-0.25, -0.2) is 8.42 Å². The van der Waals surface area contributed by atoms with Gasteiger partial charge in [-0.2, -0.15) is 4.72 Å². The molecule has 0 bridgehead atoms. The summed E-state index contributed by atoms with van der Waals surface area (Å²) in [6.07, 6.45) is 2.11. The second-order valence-corrected chi connectivity index (χ2v) is 7.54. The summed E-state index contributed by atoms with van der Waals surface area (Å²) in [5.41, 5.74) is 0.897. The average Bonchev–Trinajstić information content (AvgIpc) is 2.63. The molecule has 134 valence electrons. The minimum absolute atomic E-state index is 0.148. The van der Waals surface area contributed by atoms with Crippen LogP contribution in [0.2, 0.25) is 0 Å². The van der Waals surface area contributed by atoms with Crippen LogP contribution in [0.3, 0.4) is 0 Å². The molecule has 1 atom stereocenters. The molecule has 2 rings (SSSR count). The highest BCUT2D eigenvalue weighted by Gasteiger charge is 2.25. The zero-order valence-electron chi connectivity index (χ0n) is 14.3.